The van der Waals surface area contributed by atoms with Gasteiger partial charge in [0.15, 0.2) is 9.84 Å². The van der Waals surface area contributed by atoms with Crippen LogP contribution in [-0.4, -0.2) is 53.5 Å². The van der Waals surface area contributed by atoms with E-state index in [1.165, 1.54) is 54.4 Å². The van der Waals surface area contributed by atoms with Crippen molar-refractivity contribution < 1.29 is 37.3 Å². The number of ether oxygens (including phenoxy) is 4. The number of nitrogens with one attached hydrogen (secondary N) is 1. The summed E-state index contributed by atoms with van der Waals surface area (Å²) < 4.78 is 46.7. The Morgan fingerprint density at radius 3 is 2.03 bits per heavy atom. The molecule has 0 spiro atoms. The van der Waals surface area contributed by atoms with Crippen LogP contribution in [0.2, 0.25) is 0 Å². The predicted octanol–water partition coefficient (Wildman–Crippen LogP) is 3.02. The van der Waals surface area contributed by atoms with Crippen LogP contribution in [-0.2, 0) is 20.4 Å². The molecule has 2 rings (SSSR count). The Balaban J connectivity index is 2.34. The van der Waals surface area contributed by atoms with E-state index in [-0.39, 0.29) is 11.4 Å². The lowest BCUT2D eigenvalue weighted by Crippen LogP contribution is -2.36. The molecule has 0 atom stereocenters. The van der Waals surface area contributed by atoms with Crippen molar-refractivity contribution in [3.05, 3.63) is 46.9 Å². The monoisotopic (exact) mass is 479 g/mol. The molecule has 0 bridgehead atoms. The first-order valence-corrected chi connectivity index (χ1v) is 11.6. The standard InChI is InChI=1S/C23H29NO8S/c1-23(2,26)22(25)24-18-11-15(7-8-19(18)30-4)14-33(27,28)10-9-17-20(31-5)12-16(29-3)13-21(17)32-6/h7-13,26H,14H2,1-6H3,(H,24,25)/b10-9+. The van der Waals surface area contributed by atoms with E-state index in [1.54, 1.807) is 24.3 Å². The summed E-state index contributed by atoms with van der Waals surface area (Å²) in [4.78, 5) is 12.1. The molecule has 0 heterocycles. The highest BCUT2D eigenvalue weighted by molar-refractivity contribution is 7.93. The van der Waals surface area contributed by atoms with Gasteiger partial charge in [0.1, 0.15) is 28.6 Å². The fourth-order valence-corrected chi connectivity index (χ4v) is 3.95. The zero-order chi connectivity index (χ0) is 24.8. The minimum Gasteiger partial charge on any atom is -0.496 e. The maximum Gasteiger partial charge on any atom is 0.255 e. The van der Waals surface area contributed by atoms with Gasteiger partial charge in [-0.2, -0.15) is 0 Å². The molecule has 10 heteroatoms. The molecule has 0 saturated heterocycles. The van der Waals surface area contributed by atoms with Crippen molar-refractivity contribution in [2.75, 3.05) is 33.8 Å². The zero-order valence-corrected chi connectivity index (χ0v) is 20.3. The molecule has 0 aromatic heterocycles. The molecular formula is C23H29NO8S. The van der Waals surface area contributed by atoms with Crippen molar-refractivity contribution in [1.82, 2.24) is 0 Å². The van der Waals surface area contributed by atoms with Crippen LogP contribution in [0.25, 0.3) is 6.08 Å². The molecule has 0 aliphatic carbocycles. The highest BCUT2D eigenvalue weighted by Gasteiger charge is 2.25. The van der Waals surface area contributed by atoms with E-state index in [0.717, 1.165) is 5.41 Å². The number of benzene rings is 2. The molecule has 9 nitrogen and oxygen atoms in total. The molecule has 0 fully saturated rings. The first-order chi connectivity index (χ1) is 15.4. The van der Waals surface area contributed by atoms with E-state index in [9.17, 15) is 18.3 Å². The van der Waals surface area contributed by atoms with Gasteiger partial charge in [0.05, 0.1) is 45.4 Å². The predicted molar refractivity (Wildman–Crippen MR) is 126 cm³/mol. The molecule has 33 heavy (non-hydrogen) atoms. The number of carbonyl (C=O) groups excluding carboxylic acids is 1. The van der Waals surface area contributed by atoms with Gasteiger partial charge in [0, 0.05) is 17.5 Å². The third-order valence-corrected chi connectivity index (χ3v) is 5.92. The van der Waals surface area contributed by atoms with Gasteiger partial charge in [0.2, 0.25) is 0 Å². The van der Waals surface area contributed by atoms with Crippen molar-refractivity contribution in [3.8, 4) is 23.0 Å². The molecule has 0 radical (unpaired) electrons. The van der Waals surface area contributed by atoms with Crippen molar-refractivity contribution in [3.63, 3.8) is 0 Å². The molecule has 0 unspecified atom stereocenters. The highest BCUT2D eigenvalue weighted by Crippen LogP contribution is 2.35. The third kappa shape index (κ3) is 6.87. The molecular weight excluding hydrogens is 450 g/mol. The second-order valence-corrected chi connectivity index (χ2v) is 9.49. The minimum absolute atomic E-state index is 0.250. The summed E-state index contributed by atoms with van der Waals surface area (Å²) >= 11 is 0. The Bertz CT molecular complexity index is 1110. The summed E-state index contributed by atoms with van der Waals surface area (Å²) in [5, 5.41) is 13.5. The second-order valence-electron chi connectivity index (χ2n) is 7.60. The summed E-state index contributed by atoms with van der Waals surface area (Å²) in [7, 11) is 2.12. The van der Waals surface area contributed by atoms with Gasteiger partial charge in [0.25, 0.3) is 5.91 Å². The van der Waals surface area contributed by atoms with Crippen LogP contribution in [0.15, 0.2) is 35.7 Å². The van der Waals surface area contributed by atoms with Crippen molar-refractivity contribution >= 4 is 27.5 Å². The number of methoxy groups -OCH3 is 4. The molecule has 0 aliphatic heterocycles. The van der Waals surface area contributed by atoms with Gasteiger partial charge in [-0.3, -0.25) is 4.79 Å². The van der Waals surface area contributed by atoms with Crippen LogP contribution in [0.1, 0.15) is 25.0 Å². The number of rotatable bonds is 10. The number of anilines is 1. The van der Waals surface area contributed by atoms with Gasteiger partial charge < -0.3 is 29.4 Å². The van der Waals surface area contributed by atoms with Gasteiger partial charge in [-0.1, -0.05) is 6.07 Å². The van der Waals surface area contributed by atoms with Crippen molar-refractivity contribution in [2.24, 2.45) is 0 Å². The summed E-state index contributed by atoms with van der Waals surface area (Å²) in [6, 6.07) is 7.86. The number of hydrogen-bond donors (Lipinski definition) is 2. The number of sulfone groups is 1. The Morgan fingerprint density at radius 1 is 0.970 bits per heavy atom. The van der Waals surface area contributed by atoms with Crippen LogP contribution < -0.4 is 24.3 Å². The minimum atomic E-state index is -3.72. The van der Waals surface area contributed by atoms with Crippen LogP contribution in [0.4, 0.5) is 5.69 Å². The average Bonchev–Trinajstić information content (AvgIpc) is 2.76. The summed E-state index contributed by atoms with van der Waals surface area (Å²) in [6.07, 6.45) is 1.40. The quantitative estimate of drug-likeness (QED) is 0.534. The van der Waals surface area contributed by atoms with E-state index >= 15 is 0 Å². The lowest BCUT2D eigenvalue weighted by molar-refractivity contribution is -0.130. The van der Waals surface area contributed by atoms with Gasteiger partial charge in [-0.25, -0.2) is 8.42 Å². The van der Waals surface area contributed by atoms with Crippen molar-refractivity contribution in [1.29, 1.82) is 0 Å². The summed E-state index contributed by atoms with van der Waals surface area (Å²) in [5.74, 6) is 0.621. The summed E-state index contributed by atoms with van der Waals surface area (Å²) in [6.45, 7) is 2.69. The number of carbonyl (C=O) groups is 1. The fourth-order valence-electron chi connectivity index (χ4n) is 2.87. The van der Waals surface area contributed by atoms with Crippen LogP contribution in [0.5, 0.6) is 23.0 Å². The molecule has 180 valence electrons. The summed E-state index contributed by atoms with van der Waals surface area (Å²) in [5.41, 5.74) is -0.510. The van der Waals surface area contributed by atoms with Crippen molar-refractivity contribution in [2.45, 2.75) is 25.2 Å². The van der Waals surface area contributed by atoms with E-state index in [4.69, 9.17) is 18.9 Å². The highest BCUT2D eigenvalue weighted by atomic mass is 32.2. The third-order valence-electron chi connectivity index (χ3n) is 4.63. The van der Waals surface area contributed by atoms with Crippen LogP contribution in [0, 0.1) is 0 Å². The fraction of sp³-hybridized carbons (Fsp3) is 0.348. The molecule has 2 aromatic carbocycles. The van der Waals surface area contributed by atoms with E-state index in [1.807, 2.05) is 0 Å². The molecule has 0 aliphatic rings. The lowest BCUT2D eigenvalue weighted by Gasteiger charge is -2.18. The van der Waals surface area contributed by atoms with Crippen LogP contribution >= 0.6 is 0 Å². The molecule has 2 N–H and O–H groups in total. The van der Waals surface area contributed by atoms with E-state index in [0.29, 0.717) is 34.1 Å². The Hall–Kier alpha value is -3.24. The first-order valence-electron chi connectivity index (χ1n) is 9.85. The maximum atomic E-state index is 12.8. The first kappa shape index (κ1) is 26.0. The smallest absolute Gasteiger partial charge is 0.255 e. The SMILES string of the molecule is COc1cc(OC)c(/C=C/S(=O)(=O)Cc2ccc(OC)c(NC(=O)C(C)(C)O)c2)c(OC)c1. The Labute approximate surface area is 193 Å². The molecule has 1 amide bonds. The second kappa shape index (κ2) is 10.6. The maximum absolute atomic E-state index is 12.8. The molecule has 2 aromatic rings. The van der Waals surface area contributed by atoms with E-state index in [2.05, 4.69) is 5.32 Å². The normalized spacial score (nSPS) is 11.8. The number of aliphatic hydroxyl groups is 1. The van der Waals surface area contributed by atoms with Gasteiger partial charge in [-0.15, -0.1) is 0 Å². The van der Waals surface area contributed by atoms with E-state index < -0.39 is 21.3 Å². The Morgan fingerprint density at radius 2 is 1.55 bits per heavy atom. The lowest BCUT2D eigenvalue weighted by atomic mass is 10.1. The Kier molecular flexibility index (Phi) is 8.34. The molecule has 0 saturated carbocycles. The largest absolute Gasteiger partial charge is 0.496 e. The number of amides is 1. The zero-order valence-electron chi connectivity index (χ0n) is 19.5. The topological polar surface area (TPSA) is 120 Å². The van der Waals surface area contributed by atoms with Gasteiger partial charge >= 0.3 is 0 Å². The number of hydrogen-bond acceptors (Lipinski definition) is 8. The van der Waals surface area contributed by atoms with Crippen LogP contribution in [0.3, 0.4) is 0 Å². The average molecular weight is 480 g/mol. The van der Waals surface area contributed by atoms with Gasteiger partial charge in [-0.05, 0) is 37.6 Å².